The first-order valence-corrected chi connectivity index (χ1v) is 11.8. The lowest BCUT2D eigenvalue weighted by Gasteiger charge is -2.20. The van der Waals surface area contributed by atoms with Crippen LogP contribution in [0.5, 0.6) is 0 Å². The summed E-state index contributed by atoms with van der Waals surface area (Å²) in [5.41, 5.74) is 9.93. The van der Waals surface area contributed by atoms with Crippen LogP contribution in [0.1, 0.15) is 49.4 Å². The van der Waals surface area contributed by atoms with Crippen LogP contribution in [-0.4, -0.2) is 4.57 Å². The van der Waals surface area contributed by atoms with Crippen LogP contribution >= 0.6 is 0 Å². The summed E-state index contributed by atoms with van der Waals surface area (Å²) in [7, 11) is 0. The molecule has 0 radical (unpaired) electrons. The quantitative estimate of drug-likeness (QED) is 0.414. The zero-order valence-corrected chi connectivity index (χ0v) is 19.2. The van der Waals surface area contributed by atoms with E-state index in [0.717, 1.165) is 31.4 Å². The van der Waals surface area contributed by atoms with Gasteiger partial charge in [0.25, 0.3) is 0 Å². The Hall–Kier alpha value is -3.78. The van der Waals surface area contributed by atoms with Gasteiger partial charge in [0.1, 0.15) is 0 Å². The lowest BCUT2D eigenvalue weighted by molar-refractivity contribution is 0.916. The monoisotopic (exact) mass is 430 g/mol. The van der Waals surface area contributed by atoms with Crippen LogP contribution in [0.4, 0.5) is 5.69 Å². The van der Waals surface area contributed by atoms with Crippen LogP contribution in [0.2, 0.25) is 0 Å². The van der Waals surface area contributed by atoms with Crippen molar-refractivity contribution in [3.8, 4) is 0 Å². The highest BCUT2D eigenvalue weighted by Gasteiger charge is 2.17. The smallest absolute Gasteiger partial charge is 0.0537 e. The SMILES string of the molecule is C=Cc1c(/C=C\C)n(C2=CC=C(Nc3ccc(C4=CCCC=C4)cc3)CC2)c2ccccc12. The number of anilines is 1. The highest BCUT2D eigenvalue weighted by Crippen LogP contribution is 2.34. The number of hydrogen-bond acceptors (Lipinski definition) is 1. The van der Waals surface area contributed by atoms with E-state index in [1.165, 1.54) is 44.7 Å². The van der Waals surface area contributed by atoms with Gasteiger partial charge >= 0.3 is 0 Å². The average Bonchev–Trinajstić information content (AvgIpc) is 3.19. The van der Waals surface area contributed by atoms with Crippen molar-refractivity contribution in [2.24, 2.45) is 0 Å². The third-order valence-corrected chi connectivity index (χ3v) is 6.41. The lowest BCUT2D eigenvalue weighted by atomic mass is 9.99. The van der Waals surface area contributed by atoms with Crippen molar-refractivity contribution in [2.75, 3.05) is 5.32 Å². The molecule has 0 fully saturated rings. The van der Waals surface area contributed by atoms with Gasteiger partial charge in [-0.2, -0.15) is 0 Å². The molecule has 1 aromatic heterocycles. The van der Waals surface area contributed by atoms with E-state index in [4.69, 9.17) is 0 Å². The number of para-hydroxylation sites is 1. The molecule has 1 N–H and O–H groups in total. The third-order valence-electron chi connectivity index (χ3n) is 6.41. The van der Waals surface area contributed by atoms with E-state index < -0.39 is 0 Å². The maximum Gasteiger partial charge on any atom is 0.0537 e. The Balaban J connectivity index is 1.41. The average molecular weight is 431 g/mol. The molecule has 0 saturated carbocycles. The molecule has 0 bridgehead atoms. The van der Waals surface area contributed by atoms with Crippen LogP contribution in [-0.2, 0) is 0 Å². The first-order chi connectivity index (χ1) is 16.3. The molecule has 2 aromatic carbocycles. The molecule has 0 atom stereocenters. The molecular weight excluding hydrogens is 400 g/mol. The summed E-state index contributed by atoms with van der Waals surface area (Å²) in [6, 6.07) is 17.4. The van der Waals surface area contributed by atoms with E-state index in [0.29, 0.717) is 0 Å². The fourth-order valence-corrected chi connectivity index (χ4v) is 4.81. The number of nitrogens with one attached hydrogen (secondary N) is 1. The predicted molar refractivity (Wildman–Crippen MR) is 145 cm³/mol. The Morgan fingerprint density at radius 1 is 0.970 bits per heavy atom. The zero-order chi connectivity index (χ0) is 22.6. The third kappa shape index (κ3) is 4.17. The van der Waals surface area contributed by atoms with Crippen LogP contribution in [0.3, 0.4) is 0 Å². The van der Waals surface area contributed by atoms with Crippen LogP contribution in [0.15, 0.2) is 97.3 Å². The molecule has 5 rings (SSSR count). The number of aromatic nitrogens is 1. The molecule has 33 heavy (non-hydrogen) atoms. The Kier molecular flexibility index (Phi) is 5.99. The molecule has 1 heterocycles. The summed E-state index contributed by atoms with van der Waals surface area (Å²) < 4.78 is 2.39. The second-order valence-corrected chi connectivity index (χ2v) is 8.55. The van der Waals surface area contributed by atoms with E-state index in [-0.39, 0.29) is 0 Å². The Morgan fingerprint density at radius 3 is 2.52 bits per heavy atom. The van der Waals surface area contributed by atoms with Crippen molar-refractivity contribution < 1.29 is 0 Å². The van der Waals surface area contributed by atoms with Crippen LogP contribution < -0.4 is 5.32 Å². The largest absolute Gasteiger partial charge is 0.359 e. The van der Waals surface area contributed by atoms with Gasteiger partial charge in [0.05, 0.1) is 11.2 Å². The summed E-state index contributed by atoms with van der Waals surface area (Å²) >= 11 is 0. The summed E-state index contributed by atoms with van der Waals surface area (Å²) in [4.78, 5) is 0. The molecule has 2 aliphatic carbocycles. The van der Waals surface area contributed by atoms with E-state index in [2.05, 4.69) is 114 Å². The molecule has 0 spiro atoms. The fourth-order valence-electron chi connectivity index (χ4n) is 4.81. The molecule has 0 amide bonds. The molecule has 2 nitrogen and oxygen atoms in total. The Labute approximate surface area is 196 Å². The minimum Gasteiger partial charge on any atom is -0.359 e. The van der Waals surface area contributed by atoms with Gasteiger partial charge in [0, 0.05) is 28.0 Å². The number of nitrogens with zero attached hydrogens (tertiary/aromatic N) is 1. The van der Waals surface area contributed by atoms with Gasteiger partial charge in [-0.1, -0.05) is 67.3 Å². The van der Waals surface area contributed by atoms with Gasteiger partial charge in [-0.3, -0.25) is 0 Å². The maximum atomic E-state index is 4.08. The summed E-state index contributed by atoms with van der Waals surface area (Å²) in [6.07, 6.45) is 21.8. The highest BCUT2D eigenvalue weighted by molar-refractivity contribution is 5.96. The second-order valence-electron chi connectivity index (χ2n) is 8.55. The number of benzene rings is 2. The van der Waals surface area contributed by atoms with Crippen molar-refractivity contribution in [1.29, 1.82) is 0 Å². The van der Waals surface area contributed by atoms with Crippen molar-refractivity contribution >= 4 is 40.0 Å². The molecule has 3 aromatic rings. The Bertz CT molecular complexity index is 1340. The Morgan fingerprint density at radius 2 is 1.82 bits per heavy atom. The first-order valence-electron chi connectivity index (χ1n) is 11.8. The summed E-state index contributed by atoms with van der Waals surface area (Å²) in [5.74, 6) is 0. The number of fused-ring (bicyclic) bond motifs is 1. The van der Waals surface area contributed by atoms with Gasteiger partial charge < -0.3 is 9.88 Å². The molecule has 164 valence electrons. The zero-order valence-electron chi connectivity index (χ0n) is 19.2. The van der Waals surface area contributed by atoms with Gasteiger partial charge in [-0.15, -0.1) is 0 Å². The molecule has 0 unspecified atom stereocenters. The fraction of sp³-hybridized carbons (Fsp3) is 0.161. The van der Waals surface area contributed by atoms with E-state index in [1.54, 1.807) is 0 Å². The van der Waals surface area contributed by atoms with Crippen LogP contribution in [0, 0.1) is 0 Å². The normalized spacial score (nSPS) is 16.0. The topological polar surface area (TPSA) is 17.0 Å². The molecule has 0 saturated heterocycles. The second kappa shape index (κ2) is 9.38. The van der Waals surface area contributed by atoms with Gasteiger partial charge in [-0.25, -0.2) is 0 Å². The molecule has 2 aliphatic rings. The number of hydrogen-bond donors (Lipinski definition) is 1. The maximum absolute atomic E-state index is 4.08. The van der Waals surface area contributed by atoms with Crippen LogP contribution in [0.25, 0.3) is 34.3 Å². The standard InChI is InChI=1S/C31H30N2/c1-3-10-30-28(4-2)29-13-8-9-14-31(29)33(30)27-21-19-26(20-22-27)32-25-17-15-24(16-18-25)23-11-6-5-7-12-23/h3-4,6,8-19,21,32H,2,5,7,20,22H2,1H3/b10-3-. The van der Waals surface area contributed by atoms with Crippen molar-refractivity contribution in [3.05, 3.63) is 114 Å². The number of allylic oxidation sites excluding steroid dienone is 9. The van der Waals surface area contributed by atoms with Crippen molar-refractivity contribution in [3.63, 3.8) is 0 Å². The van der Waals surface area contributed by atoms with Gasteiger partial charge in [0.15, 0.2) is 0 Å². The van der Waals surface area contributed by atoms with E-state index in [1.807, 2.05) is 6.08 Å². The lowest BCUT2D eigenvalue weighted by Crippen LogP contribution is -2.07. The predicted octanol–water partition coefficient (Wildman–Crippen LogP) is 8.68. The minimum atomic E-state index is 0.979. The van der Waals surface area contributed by atoms with Gasteiger partial charge in [0.2, 0.25) is 0 Å². The number of rotatable bonds is 6. The van der Waals surface area contributed by atoms with E-state index >= 15 is 0 Å². The highest BCUT2D eigenvalue weighted by atomic mass is 15.0. The summed E-state index contributed by atoms with van der Waals surface area (Å²) in [6.45, 7) is 6.15. The van der Waals surface area contributed by atoms with Crippen molar-refractivity contribution in [2.45, 2.75) is 32.6 Å². The molecular formula is C31H30N2. The van der Waals surface area contributed by atoms with Crippen molar-refractivity contribution in [1.82, 2.24) is 4.57 Å². The molecule has 0 aliphatic heterocycles. The molecule has 2 heteroatoms. The van der Waals surface area contributed by atoms with Gasteiger partial charge in [-0.05, 0) is 80.2 Å². The minimum absolute atomic E-state index is 0.979. The van der Waals surface area contributed by atoms with E-state index in [9.17, 15) is 0 Å². The first kappa shape index (κ1) is 21.1. The summed E-state index contributed by atoms with van der Waals surface area (Å²) in [5, 5.41) is 4.86.